The summed E-state index contributed by atoms with van der Waals surface area (Å²) in [5.74, 6) is 0.725. The number of ketones is 1. The minimum Gasteiger partial charge on any atom is -0.298 e. The van der Waals surface area contributed by atoms with Crippen molar-refractivity contribution in [1.82, 2.24) is 0 Å². The van der Waals surface area contributed by atoms with Crippen molar-refractivity contribution in [2.75, 3.05) is 5.75 Å². The predicted molar refractivity (Wildman–Crippen MR) is 91.5 cm³/mol. The summed E-state index contributed by atoms with van der Waals surface area (Å²) in [6.07, 6.45) is 0.505. The maximum absolute atomic E-state index is 12.2. The zero-order chi connectivity index (χ0) is 15.4. The summed E-state index contributed by atoms with van der Waals surface area (Å²) in [7, 11) is 0. The Labute approximate surface area is 135 Å². The molecule has 3 heteroatoms. The SMILES string of the molecule is Cc1cc(C)c(CC(=O)CSc2cccc(Cl)c2)c(C)c1. The molecule has 0 radical (unpaired) electrons. The highest BCUT2D eigenvalue weighted by Gasteiger charge is 2.10. The summed E-state index contributed by atoms with van der Waals surface area (Å²) >= 11 is 7.49. The van der Waals surface area contributed by atoms with Crippen LogP contribution in [0.3, 0.4) is 0 Å². The van der Waals surface area contributed by atoms with Crippen molar-refractivity contribution in [1.29, 1.82) is 0 Å². The van der Waals surface area contributed by atoms with Crippen molar-refractivity contribution in [3.63, 3.8) is 0 Å². The van der Waals surface area contributed by atoms with Crippen LogP contribution in [0.2, 0.25) is 5.02 Å². The van der Waals surface area contributed by atoms with Gasteiger partial charge in [-0.1, -0.05) is 35.4 Å². The molecule has 1 nitrogen and oxygen atoms in total. The Morgan fingerprint density at radius 2 is 1.76 bits per heavy atom. The molecule has 0 aliphatic heterocycles. The van der Waals surface area contributed by atoms with E-state index in [1.807, 2.05) is 24.3 Å². The summed E-state index contributed by atoms with van der Waals surface area (Å²) in [6.45, 7) is 6.24. The maximum Gasteiger partial charge on any atom is 0.147 e. The van der Waals surface area contributed by atoms with Crippen LogP contribution >= 0.6 is 23.4 Å². The second-order valence-corrected chi connectivity index (χ2v) is 6.82. The molecule has 0 saturated carbocycles. The van der Waals surface area contributed by atoms with Gasteiger partial charge in [0.05, 0.1) is 5.75 Å². The Bertz CT molecular complexity index is 641. The first-order chi connectivity index (χ1) is 9.95. The highest BCUT2D eigenvalue weighted by Crippen LogP contribution is 2.23. The quantitative estimate of drug-likeness (QED) is 0.707. The minimum absolute atomic E-state index is 0.245. The largest absolute Gasteiger partial charge is 0.298 e. The molecule has 0 spiro atoms. The van der Waals surface area contributed by atoms with E-state index in [-0.39, 0.29) is 5.78 Å². The molecule has 2 aromatic carbocycles. The van der Waals surface area contributed by atoms with Crippen LogP contribution in [0.5, 0.6) is 0 Å². The van der Waals surface area contributed by atoms with Crippen LogP contribution in [0.15, 0.2) is 41.3 Å². The summed E-state index contributed by atoms with van der Waals surface area (Å²) in [4.78, 5) is 13.2. The fourth-order valence-electron chi connectivity index (χ4n) is 2.46. The molecule has 0 unspecified atom stereocenters. The second kappa shape index (κ2) is 7.15. The highest BCUT2D eigenvalue weighted by atomic mass is 35.5. The molecule has 0 aromatic heterocycles. The number of hydrogen-bond donors (Lipinski definition) is 0. The number of carbonyl (C=O) groups excluding carboxylic acids is 1. The first-order valence-electron chi connectivity index (χ1n) is 6.92. The van der Waals surface area contributed by atoms with Gasteiger partial charge in [0.25, 0.3) is 0 Å². The third kappa shape index (κ3) is 4.62. The van der Waals surface area contributed by atoms with Gasteiger partial charge in [-0.2, -0.15) is 0 Å². The average molecular weight is 319 g/mol. The molecule has 0 heterocycles. The Morgan fingerprint density at radius 1 is 1.10 bits per heavy atom. The molecular weight excluding hydrogens is 300 g/mol. The predicted octanol–water partition coefficient (Wildman–Crippen LogP) is 5.17. The summed E-state index contributed by atoms with van der Waals surface area (Å²) in [5.41, 5.74) is 4.81. The van der Waals surface area contributed by atoms with E-state index in [1.54, 1.807) is 11.8 Å². The van der Waals surface area contributed by atoms with Crippen molar-refractivity contribution in [2.24, 2.45) is 0 Å². The second-order valence-electron chi connectivity index (χ2n) is 5.34. The van der Waals surface area contributed by atoms with Crippen LogP contribution in [-0.4, -0.2) is 11.5 Å². The van der Waals surface area contributed by atoms with E-state index >= 15 is 0 Å². The molecule has 2 rings (SSSR count). The number of thioether (sulfide) groups is 1. The molecule has 2 aromatic rings. The van der Waals surface area contributed by atoms with E-state index < -0.39 is 0 Å². The first kappa shape index (κ1) is 16.1. The summed E-state index contributed by atoms with van der Waals surface area (Å²) < 4.78 is 0. The van der Waals surface area contributed by atoms with Gasteiger partial charge >= 0.3 is 0 Å². The topological polar surface area (TPSA) is 17.1 Å². The standard InChI is InChI=1S/C18H19ClOS/c1-12-7-13(2)18(14(3)8-12)10-16(20)11-21-17-6-4-5-15(19)9-17/h4-9H,10-11H2,1-3H3. The summed E-state index contributed by atoms with van der Waals surface area (Å²) in [6, 6.07) is 11.9. The lowest BCUT2D eigenvalue weighted by atomic mass is 9.96. The van der Waals surface area contributed by atoms with Crippen LogP contribution < -0.4 is 0 Å². The van der Waals surface area contributed by atoms with Crippen LogP contribution in [0, 0.1) is 20.8 Å². The van der Waals surface area contributed by atoms with Gasteiger partial charge in [0, 0.05) is 16.3 Å². The first-order valence-corrected chi connectivity index (χ1v) is 8.29. The fourth-order valence-corrected chi connectivity index (χ4v) is 3.53. The number of aryl methyl sites for hydroxylation is 3. The maximum atomic E-state index is 12.2. The van der Waals surface area contributed by atoms with Gasteiger partial charge in [0.2, 0.25) is 0 Å². The average Bonchev–Trinajstić information content (AvgIpc) is 2.40. The third-order valence-corrected chi connectivity index (χ3v) is 4.70. The van der Waals surface area contributed by atoms with Crippen LogP contribution in [-0.2, 0) is 11.2 Å². The molecule has 0 bridgehead atoms. The highest BCUT2D eigenvalue weighted by molar-refractivity contribution is 8.00. The zero-order valence-corrected chi connectivity index (χ0v) is 14.1. The van der Waals surface area contributed by atoms with E-state index in [1.165, 1.54) is 16.7 Å². The van der Waals surface area contributed by atoms with Crippen LogP contribution in [0.25, 0.3) is 0 Å². The molecule has 0 aliphatic carbocycles. The lowest BCUT2D eigenvalue weighted by Gasteiger charge is -2.10. The van der Waals surface area contributed by atoms with E-state index in [9.17, 15) is 4.79 Å². The number of halogens is 1. The van der Waals surface area contributed by atoms with Crippen LogP contribution in [0.4, 0.5) is 0 Å². The summed E-state index contributed by atoms with van der Waals surface area (Å²) in [5, 5.41) is 0.706. The fraction of sp³-hybridized carbons (Fsp3) is 0.278. The molecule has 0 saturated heterocycles. The number of hydrogen-bond acceptors (Lipinski definition) is 2. The van der Waals surface area contributed by atoms with Crippen molar-refractivity contribution < 1.29 is 4.79 Å². The van der Waals surface area contributed by atoms with Gasteiger partial charge < -0.3 is 0 Å². The molecule has 21 heavy (non-hydrogen) atoms. The number of rotatable bonds is 5. The van der Waals surface area contributed by atoms with Gasteiger partial charge in [0.15, 0.2) is 0 Å². The Hall–Kier alpha value is -1.25. The molecule has 0 atom stereocenters. The monoisotopic (exact) mass is 318 g/mol. The molecule has 0 amide bonds. The molecule has 0 aliphatic rings. The molecule has 110 valence electrons. The van der Waals surface area contributed by atoms with E-state index in [0.717, 1.165) is 10.5 Å². The van der Waals surface area contributed by atoms with Crippen molar-refractivity contribution in [3.8, 4) is 0 Å². The smallest absolute Gasteiger partial charge is 0.147 e. The zero-order valence-electron chi connectivity index (χ0n) is 12.6. The van der Waals surface area contributed by atoms with Crippen molar-refractivity contribution in [2.45, 2.75) is 32.1 Å². The normalized spacial score (nSPS) is 10.7. The van der Waals surface area contributed by atoms with Gasteiger partial charge in [-0.3, -0.25) is 4.79 Å². The van der Waals surface area contributed by atoms with Crippen molar-refractivity contribution >= 4 is 29.1 Å². The Balaban J connectivity index is 1.99. The molecule has 0 N–H and O–H groups in total. The number of Topliss-reactive ketones (excluding diaryl/α,β-unsaturated/α-hetero) is 1. The lowest BCUT2D eigenvalue weighted by Crippen LogP contribution is -2.08. The van der Waals surface area contributed by atoms with E-state index in [0.29, 0.717) is 17.2 Å². The van der Waals surface area contributed by atoms with Crippen LogP contribution in [0.1, 0.15) is 22.3 Å². The van der Waals surface area contributed by atoms with E-state index in [2.05, 4.69) is 32.9 Å². The number of benzene rings is 2. The lowest BCUT2D eigenvalue weighted by molar-refractivity contribution is -0.116. The third-order valence-electron chi connectivity index (χ3n) is 3.41. The van der Waals surface area contributed by atoms with Crippen molar-refractivity contribution in [3.05, 3.63) is 63.7 Å². The number of carbonyl (C=O) groups is 1. The minimum atomic E-state index is 0.245. The van der Waals surface area contributed by atoms with Gasteiger partial charge in [-0.25, -0.2) is 0 Å². The van der Waals surface area contributed by atoms with E-state index in [4.69, 9.17) is 11.6 Å². The van der Waals surface area contributed by atoms with Gasteiger partial charge in [-0.05, 0) is 55.7 Å². The molecule has 0 fully saturated rings. The van der Waals surface area contributed by atoms with Gasteiger partial charge in [-0.15, -0.1) is 11.8 Å². The Kier molecular flexibility index (Phi) is 5.49. The van der Waals surface area contributed by atoms with Gasteiger partial charge in [0.1, 0.15) is 5.78 Å². The Morgan fingerprint density at radius 3 is 2.38 bits per heavy atom. The molecular formula is C18H19ClOS.